The Bertz CT molecular complexity index is 462. The van der Waals surface area contributed by atoms with Gasteiger partial charge in [-0.15, -0.1) is 0 Å². The van der Waals surface area contributed by atoms with Gasteiger partial charge >= 0.3 is 0 Å². The summed E-state index contributed by atoms with van der Waals surface area (Å²) in [5, 5.41) is 0.432. The van der Waals surface area contributed by atoms with Gasteiger partial charge in [0.25, 0.3) is 0 Å². The van der Waals surface area contributed by atoms with E-state index < -0.39 is 0 Å². The molecule has 3 N–H and O–H groups in total. The lowest BCUT2D eigenvalue weighted by Crippen LogP contribution is -2.48. The molecule has 2 nitrogen and oxygen atoms in total. The highest BCUT2D eigenvalue weighted by Gasteiger charge is 2.37. The lowest BCUT2D eigenvalue weighted by molar-refractivity contribution is 0.0978. The molecule has 0 aromatic heterocycles. The second kappa shape index (κ2) is 6.42. The topological polar surface area (TPSA) is 38.0 Å². The first-order valence-corrected chi connectivity index (χ1v) is 7.72. The maximum absolute atomic E-state index is 14.0. The molecular formula is C16H24ClFN2. The Kier molecular flexibility index (Phi) is 5.05. The Morgan fingerprint density at radius 1 is 1.45 bits per heavy atom. The molecule has 0 bridgehead atoms. The fourth-order valence-corrected chi connectivity index (χ4v) is 3.67. The molecule has 4 heteroatoms. The van der Waals surface area contributed by atoms with Crippen molar-refractivity contribution in [2.24, 2.45) is 17.2 Å². The van der Waals surface area contributed by atoms with Gasteiger partial charge in [0.2, 0.25) is 0 Å². The van der Waals surface area contributed by atoms with E-state index in [1.54, 1.807) is 12.1 Å². The average Bonchev–Trinajstić information content (AvgIpc) is 2.38. The van der Waals surface area contributed by atoms with Gasteiger partial charge in [0.05, 0.1) is 0 Å². The minimum absolute atomic E-state index is 0.0981. The highest BCUT2D eigenvalue weighted by atomic mass is 35.5. The largest absolute Gasteiger partial charge is 0.271 e. The third kappa shape index (κ3) is 3.51. The van der Waals surface area contributed by atoms with E-state index in [0.717, 1.165) is 6.42 Å². The van der Waals surface area contributed by atoms with Crippen LogP contribution < -0.4 is 11.3 Å². The van der Waals surface area contributed by atoms with E-state index in [2.05, 4.69) is 19.3 Å². The monoisotopic (exact) mass is 298 g/mol. The van der Waals surface area contributed by atoms with Crippen molar-refractivity contribution in [3.05, 3.63) is 34.6 Å². The Labute approximate surface area is 125 Å². The lowest BCUT2D eigenvalue weighted by atomic mass is 9.65. The molecule has 112 valence electrons. The molecule has 1 aromatic carbocycles. The molecule has 0 amide bonds. The van der Waals surface area contributed by atoms with Crippen LogP contribution in [0.15, 0.2) is 18.2 Å². The third-order valence-electron chi connectivity index (χ3n) is 4.74. The normalized spacial score (nSPS) is 23.6. The molecule has 0 radical (unpaired) electrons. The van der Waals surface area contributed by atoms with Crippen molar-refractivity contribution < 1.29 is 4.39 Å². The number of nitrogens with one attached hydrogen (secondary N) is 1. The molecule has 0 aliphatic heterocycles. The summed E-state index contributed by atoms with van der Waals surface area (Å²) >= 11 is 5.80. The quantitative estimate of drug-likeness (QED) is 0.649. The zero-order valence-electron chi connectivity index (χ0n) is 12.3. The Morgan fingerprint density at radius 3 is 2.80 bits per heavy atom. The molecule has 0 saturated heterocycles. The van der Waals surface area contributed by atoms with Crippen LogP contribution in [0.4, 0.5) is 4.39 Å². The van der Waals surface area contributed by atoms with E-state index in [-0.39, 0.29) is 17.3 Å². The molecule has 1 fully saturated rings. The van der Waals surface area contributed by atoms with Gasteiger partial charge in [-0.3, -0.25) is 11.3 Å². The van der Waals surface area contributed by atoms with Crippen LogP contribution in [0.5, 0.6) is 0 Å². The summed E-state index contributed by atoms with van der Waals surface area (Å²) in [6.45, 7) is 4.58. The zero-order chi connectivity index (χ0) is 14.8. The van der Waals surface area contributed by atoms with Gasteiger partial charge in [-0.1, -0.05) is 44.4 Å². The molecule has 1 aliphatic rings. The fraction of sp³-hybridized carbons (Fsp3) is 0.625. The van der Waals surface area contributed by atoms with Crippen molar-refractivity contribution in [2.75, 3.05) is 0 Å². The summed E-state index contributed by atoms with van der Waals surface area (Å²) in [4.78, 5) is 0. The number of hydrogen-bond acceptors (Lipinski definition) is 2. The Balaban J connectivity index is 2.15. The molecule has 2 unspecified atom stereocenters. The maximum Gasteiger partial charge on any atom is 0.127 e. The number of nitrogens with two attached hydrogens (primary N) is 1. The first-order chi connectivity index (χ1) is 9.44. The standard InChI is InChI=1S/C16H24ClFN2/c1-16(2)8-4-3-5-13(16)15(20-19)9-11-6-7-12(17)10-14(11)18/h6-7,10,13,15,20H,3-5,8-9,19H2,1-2H3. The van der Waals surface area contributed by atoms with Crippen molar-refractivity contribution in [2.45, 2.75) is 52.0 Å². The number of benzene rings is 1. The van der Waals surface area contributed by atoms with Crippen LogP contribution in [0, 0.1) is 17.2 Å². The minimum atomic E-state index is -0.244. The number of rotatable bonds is 4. The van der Waals surface area contributed by atoms with E-state index in [1.807, 2.05) is 0 Å². The van der Waals surface area contributed by atoms with Gasteiger partial charge in [-0.2, -0.15) is 0 Å². The maximum atomic E-state index is 14.0. The molecule has 1 aliphatic carbocycles. The fourth-order valence-electron chi connectivity index (χ4n) is 3.51. The van der Waals surface area contributed by atoms with Crippen molar-refractivity contribution in [1.29, 1.82) is 0 Å². The zero-order valence-corrected chi connectivity index (χ0v) is 13.0. The third-order valence-corrected chi connectivity index (χ3v) is 4.98. The summed E-state index contributed by atoms with van der Waals surface area (Å²) < 4.78 is 14.0. The highest BCUT2D eigenvalue weighted by Crippen LogP contribution is 2.42. The molecule has 0 spiro atoms. The highest BCUT2D eigenvalue weighted by molar-refractivity contribution is 6.30. The predicted molar refractivity (Wildman–Crippen MR) is 82.0 cm³/mol. The summed E-state index contributed by atoms with van der Waals surface area (Å²) in [6.07, 6.45) is 5.47. The van der Waals surface area contributed by atoms with Crippen molar-refractivity contribution >= 4 is 11.6 Å². The van der Waals surface area contributed by atoms with Crippen LogP contribution >= 0.6 is 11.6 Å². The summed E-state index contributed by atoms with van der Waals surface area (Å²) in [7, 11) is 0. The van der Waals surface area contributed by atoms with Crippen LogP contribution in [0.3, 0.4) is 0 Å². The summed E-state index contributed by atoms with van der Waals surface area (Å²) in [5.41, 5.74) is 3.85. The Morgan fingerprint density at radius 2 is 2.20 bits per heavy atom. The molecule has 1 aromatic rings. The Hall–Kier alpha value is -0.640. The first-order valence-electron chi connectivity index (χ1n) is 7.34. The van der Waals surface area contributed by atoms with Gasteiger partial charge in [-0.25, -0.2) is 4.39 Å². The SMILES string of the molecule is CC1(C)CCCCC1C(Cc1ccc(Cl)cc1F)NN. The lowest BCUT2D eigenvalue weighted by Gasteiger charge is -2.43. The molecule has 2 atom stereocenters. The smallest absolute Gasteiger partial charge is 0.127 e. The number of halogens is 2. The minimum Gasteiger partial charge on any atom is -0.271 e. The molecule has 0 heterocycles. The molecular weight excluding hydrogens is 275 g/mol. The van der Waals surface area contributed by atoms with Crippen LogP contribution in [0.2, 0.25) is 5.02 Å². The predicted octanol–water partition coefficient (Wildman–Crippen LogP) is 4.07. The van der Waals surface area contributed by atoms with E-state index in [1.165, 1.54) is 25.3 Å². The van der Waals surface area contributed by atoms with E-state index in [4.69, 9.17) is 17.4 Å². The molecule has 2 rings (SSSR count). The average molecular weight is 299 g/mol. The van der Waals surface area contributed by atoms with Gasteiger partial charge in [0.15, 0.2) is 0 Å². The van der Waals surface area contributed by atoms with Crippen LogP contribution in [0.1, 0.15) is 45.1 Å². The van der Waals surface area contributed by atoms with E-state index in [0.29, 0.717) is 22.9 Å². The number of hydrogen-bond donors (Lipinski definition) is 2. The van der Waals surface area contributed by atoms with Crippen molar-refractivity contribution in [1.82, 2.24) is 5.43 Å². The van der Waals surface area contributed by atoms with Crippen LogP contribution in [0.25, 0.3) is 0 Å². The summed E-state index contributed by atoms with van der Waals surface area (Å²) in [5.74, 6) is 5.98. The van der Waals surface area contributed by atoms with Gasteiger partial charge < -0.3 is 0 Å². The van der Waals surface area contributed by atoms with Crippen molar-refractivity contribution in [3.63, 3.8) is 0 Å². The van der Waals surface area contributed by atoms with E-state index >= 15 is 0 Å². The first kappa shape index (κ1) is 15.7. The second-order valence-corrected chi connectivity index (χ2v) is 6.99. The van der Waals surface area contributed by atoms with Crippen molar-refractivity contribution in [3.8, 4) is 0 Å². The van der Waals surface area contributed by atoms with Gasteiger partial charge in [0, 0.05) is 11.1 Å². The summed E-state index contributed by atoms with van der Waals surface area (Å²) in [6, 6.07) is 4.97. The van der Waals surface area contributed by atoms with Crippen LogP contribution in [-0.4, -0.2) is 6.04 Å². The second-order valence-electron chi connectivity index (χ2n) is 6.55. The van der Waals surface area contributed by atoms with E-state index in [9.17, 15) is 4.39 Å². The molecule has 20 heavy (non-hydrogen) atoms. The molecule has 1 saturated carbocycles. The van der Waals surface area contributed by atoms with Gasteiger partial charge in [-0.05, 0) is 48.3 Å². The van der Waals surface area contributed by atoms with Gasteiger partial charge in [0.1, 0.15) is 5.82 Å². The van der Waals surface area contributed by atoms with Crippen LogP contribution in [-0.2, 0) is 6.42 Å². The number of hydrazine groups is 1.